The fraction of sp³-hybridized carbons (Fsp3) is 0.500. The number of amides is 1. The lowest BCUT2D eigenvalue weighted by atomic mass is 9.69. The van der Waals surface area contributed by atoms with E-state index in [-0.39, 0.29) is 35.7 Å². The smallest absolute Gasteiger partial charge is 0.365 e. The molecule has 3 aromatic rings. The normalized spacial score (nSPS) is 20.1. The summed E-state index contributed by atoms with van der Waals surface area (Å²) in [6, 6.07) is 10.2. The summed E-state index contributed by atoms with van der Waals surface area (Å²) in [6.45, 7) is 2.22. The molecule has 1 aliphatic heterocycles. The summed E-state index contributed by atoms with van der Waals surface area (Å²) in [6.07, 6.45) is 3.12. The van der Waals surface area contributed by atoms with Crippen molar-refractivity contribution in [1.82, 2.24) is 20.1 Å². The Morgan fingerprint density at radius 2 is 1.93 bits per heavy atom. The topological polar surface area (TPSA) is 72.3 Å². The Kier molecular flexibility index (Phi) is 6.53. The van der Waals surface area contributed by atoms with Crippen LogP contribution in [0, 0.1) is 5.92 Å². The lowest BCUT2D eigenvalue weighted by molar-refractivity contribution is -0.138. The fourth-order valence-electron chi connectivity index (χ4n) is 6.49. The van der Waals surface area contributed by atoms with E-state index in [1.54, 1.807) is 25.6 Å². The Morgan fingerprint density at radius 3 is 2.50 bits per heavy atom. The van der Waals surface area contributed by atoms with Crippen LogP contribution in [0.5, 0.6) is 0 Å². The highest BCUT2D eigenvalue weighted by molar-refractivity contribution is 6.10. The van der Waals surface area contributed by atoms with Gasteiger partial charge in [0.1, 0.15) is 6.33 Å². The molecular formula is C30H34F3N5O2. The number of aromatic nitrogens is 3. The molecule has 2 aliphatic carbocycles. The fourth-order valence-corrected chi connectivity index (χ4v) is 6.49. The number of ether oxygens (including phenoxy) is 1. The molecule has 0 radical (unpaired) electrons. The van der Waals surface area contributed by atoms with Crippen LogP contribution in [0.25, 0.3) is 0 Å². The molecule has 0 bridgehead atoms. The number of benzene rings is 2. The van der Waals surface area contributed by atoms with E-state index in [9.17, 15) is 18.0 Å². The van der Waals surface area contributed by atoms with Crippen LogP contribution >= 0.6 is 0 Å². The zero-order chi connectivity index (χ0) is 28.3. The molecule has 1 N–H and O–H groups in total. The van der Waals surface area contributed by atoms with Crippen molar-refractivity contribution in [3.05, 3.63) is 76.4 Å². The molecule has 0 saturated heterocycles. The SMILES string of the molecule is CO[C@@](c1cccc(N2Cc3c(cc(CNC4(C)CCC4)cc3C(F)(F)F)C2=O)c1)(c1nncn1C)C1CCC1. The third-order valence-corrected chi connectivity index (χ3v) is 9.22. The molecule has 0 unspecified atom stereocenters. The number of fused-ring (bicyclic) bond motifs is 1. The standard InChI is InChI=1S/C30H34F3N5O2/c1-28(11-6-12-28)34-16-19-13-23-24(25(14-19)30(31,32)33)17-38(26(23)39)22-10-5-9-21(15-22)29(40-3,20-7-4-8-20)27-36-35-18-37(27)2/h5,9-10,13-15,18,20,34H,4,6-8,11-12,16-17H2,1-3H3/t29-/m0/s1. The minimum absolute atomic E-state index is 0.0202. The van der Waals surface area contributed by atoms with Gasteiger partial charge in [-0.05, 0) is 85.9 Å². The zero-order valence-electron chi connectivity index (χ0n) is 23.0. The minimum Gasteiger partial charge on any atom is -0.365 e. The molecule has 2 saturated carbocycles. The number of carbonyl (C=O) groups is 1. The predicted octanol–water partition coefficient (Wildman–Crippen LogP) is 5.72. The number of hydrogen-bond donors (Lipinski definition) is 1. The highest BCUT2D eigenvalue weighted by Crippen LogP contribution is 2.49. The Morgan fingerprint density at radius 1 is 1.15 bits per heavy atom. The Labute approximate surface area is 231 Å². The van der Waals surface area contributed by atoms with Gasteiger partial charge >= 0.3 is 6.18 Å². The van der Waals surface area contributed by atoms with Crippen molar-refractivity contribution in [3.8, 4) is 0 Å². The largest absolute Gasteiger partial charge is 0.416 e. The van der Waals surface area contributed by atoms with Gasteiger partial charge < -0.3 is 19.5 Å². The molecule has 3 aliphatic rings. The maximum atomic E-state index is 14.2. The van der Waals surface area contributed by atoms with Gasteiger partial charge in [0.05, 0.1) is 12.1 Å². The number of nitrogens with zero attached hydrogens (tertiary/aromatic N) is 4. The number of hydrogen-bond acceptors (Lipinski definition) is 5. The average Bonchev–Trinajstić information content (AvgIpc) is 3.46. The number of alkyl halides is 3. The first kappa shape index (κ1) is 27.0. The quantitative estimate of drug-likeness (QED) is 0.387. The van der Waals surface area contributed by atoms with E-state index in [0.29, 0.717) is 17.1 Å². The third-order valence-electron chi connectivity index (χ3n) is 9.22. The van der Waals surface area contributed by atoms with Crippen LogP contribution in [0.15, 0.2) is 42.7 Å². The summed E-state index contributed by atoms with van der Waals surface area (Å²) in [7, 11) is 3.51. The van der Waals surface area contributed by atoms with E-state index < -0.39 is 23.2 Å². The Bertz CT molecular complexity index is 1440. The van der Waals surface area contributed by atoms with Crippen LogP contribution < -0.4 is 10.2 Å². The molecule has 40 heavy (non-hydrogen) atoms. The van der Waals surface area contributed by atoms with Gasteiger partial charge in [0, 0.05) is 37.5 Å². The number of methoxy groups -OCH3 is 1. The van der Waals surface area contributed by atoms with Gasteiger partial charge in [-0.3, -0.25) is 4.79 Å². The van der Waals surface area contributed by atoms with Gasteiger partial charge in [0.2, 0.25) is 0 Å². The molecule has 1 aromatic heterocycles. The molecular weight excluding hydrogens is 519 g/mol. The Balaban J connectivity index is 1.37. The molecule has 212 valence electrons. The second-order valence-electron chi connectivity index (χ2n) is 11.7. The second-order valence-corrected chi connectivity index (χ2v) is 11.7. The van der Waals surface area contributed by atoms with Crippen molar-refractivity contribution in [2.45, 2.75) is 75.9 Å². The van der Waals surface area contributed by atoms with E-state index in [1.807, 2.05) is 29.8 Å². The average molecular weight is 554 g/mol. The number of rotatable bonds is 8. The van der Waals surface area contributed by atoms with Crippen molar-refractivity contribution in [3.63, 3.8) is 0 Å². The monoisotopic (exact) mass is 553 g/mol. The van der Waals surface area contributed by atoms with Crippen molar-refractivity contribution in [2.24, 2.45) is 13.0 Å². The van der Waals surface area contributed by atoms with E-state index in [1.165, 1.54) is 11.0 Å². The molecule has 2 heterocycles. The van der Waals surface area contributed by atoms with Crippen molar-refractivity contribution >= 4 is 11.6 Å². The van der Waals surface area contributed by atoms with Crippen LogP contribution in [-0.4, -0.2) is 33.3 Å². The van der Waals surface area contributed by atoms with Gasteiger partial charge in [-0.2, -0.15) is 13.2 Å². The van der Waals surface area contributed by atoms with Crippen LogP contribution in [0.4, 0.5) is 18.9 Å². The van der Waals surface area contributed by atoms with Crippen molar-refractivity contribution in [2.75, 3.05) is 12.0 Å². The summed E-state index contributed by atoms with van der Waals surface area (Å²) in [5, 5.41) is 11.9. The summed E-state index contributed by atoms with van der Waals surface area (Å²) >= 11 is 0. The van der Waals surface area contributed by atoms with Gasteiger partial charge in [-0.25, -0.2) is 0 Å². The molecule has 10 heteroatoms. The van der Waals surface area contributed by atoms with E-state index >= 15 is 0 Å². The highest BCUT2D eigenvalue weighted by atomic mass is 19.4. The van der Waals surface area contributed by atoms with Gasteiger partial charge in [-0.1, -0.05) is 18.6 Å². The Hall–Kier alpha value is -3.24. The number of halogens is 3. The van der Waals surface area contributed by atoms with Crippen LogP contribution in [0.2, 0.25) is 0 Å². The van der Waals surface area contributed by atoms with Gasteiger partial charge in [0.25, 0.3) is 5.91 Å². The first-order valence-corrected chi connectivity index (χ1v) is 13.9. The number of carbonyl (C=O) groups excluding carboxylic acids is 1. The first-order chi connectivity index (χ1) is 19.1. The molecule has 1 amide bonds. The molecule has 7 nitrogen and oxygen atoms in total. The van der Waals surface area contributed by atoms with E-state index in [2.05, 4.69) is 22.4 Å². The van der Waals surface area contributed by atoms with Gasteiger partial charge in [-0.15, -0.1) is 10.2 Å². The predicted molar refractivity (Wildman–Crippen MR) is 144 cm³/mol. The van der Waals surface area contributed by atoms with Crippen LogP contribution in [0.3, 0.4) is 0 Å². The minimum atomic E-state index is -4.57. The molecule has 6 rings (SSSR count). The second kappa shape index (κ2) is 9.69. The summed E-state index contributed by atoms with van der Waals surface area (Å²) in [5.41, 5.74) is 0.227. The zero-order valence-corrected chi connectivity index (χ0v) is 23.0. The van der Waals surface area contributed by atoms with Crippen molar-refractivity contribution in [1.29, 1.82) is 0 Å². The number of anilines is 1. The lowest BCUT2D eigenvalue weighted by Gasteiger charge is -2.44. The van der Waals surface area contributed by atoms with Crippen molar-refractivity contribution < 1.29 is 22.7 Å². The first-order valence-electron chi connectivity index (χ1n) is 13.9. The molecule has 0 spiro atoms. The highest BCUT2D eigenvalue weighted by Gasteiger charge is 2.49. The molecule has 2 fully saturated rings. The third kappa shape index (κ3) is 4.32. The number of aryl methyl sites for hydroxylation is 1. The summed E-state index contributed by atoms with van der Waals surface area (Å²) in [5.74, 6) is 0.385. The van der Waals surface area contributed by atoms with E-state index in [0.717, 1.165) is 44.1 Å². The molecule has 1 atom stereocenters. The summed E-state index contributed by atoms with van der Waals surface area (Å²) < 4.78 is 50.8. The summed E-state index contributed by atoms with van der Waals surface area (Å²) in [4.78, 5) is 15.1. The van der Waals surface area contributed by atoms with Crippen LogP contribution in [0.1, 0.15) is 83.9 Å². The van der Waals surface area contributed by atoms with Gasteiger partial charge in [0.15, 0.2) is 11.4 Å². The maximum Gasteiger partial charge on any atom is 0.416 e. The maximum absolute atomic E-state index is 14.2. The number of nitrogens with one attached hydrogen (secondary N) is 1. The van der Waals surface area contributed by atoms with E-state index in [4.69, 9.17) is 4.74 Å². The molecule has 2 aromatic carbocycles. The van der Waals surface area contributed by atoms with Crippen LogP contribution in [-0.2, 0) is 36.7 Å². The lowest BCUT2D eigenvalue weighted by Crippen LogP contribution is -2.47.